The summed E-state index contributed by atoms with van der Waals surface area (Å²) in [6, 6.07) is 7.61. The molecule has 0 aliphatic heterocycles. The number of halogens is 2. The van der Waals surface area contributed by atoms with E-state index in [-0.39, 0.29) is 32.4 Å². The summed E-state index contributed by atoms with van der Waals surface area (Å²) in [6.45, 7) is 0.797. The Hall–Kier alpha value is -3.18. The van der Waals surface area contributed by atoms with Crippen molar-refractivity contribution in [1.29, 1.82) is 0 Å². The molecular formula is C21H18F2N4O3S2. The van der Waals surface area contributed by atoms with E-state index >= 15 is 0 Å². The van der Waals surface area contributed by atoms with Gasteiger partial charge in [-0.1, -0.05) is 17.4 Å². The molecule has 1 amide bonds. The third-order valence-electron chi connectivity index (χ3n) is 4.74. The summed E-state index contributed by atoms with van der Waals surface area (Å²) in [4.78, 5) is 22.9. The number of carbonyl (C=O) groups is 1. The lowest BCUT2D eigenvalue weighted by atomic mass is 10.2. The molecule has 2 aromatic carbocycles. The number of rotatable bonds is 7. The van der Waals surface area contributed by atoms with E-state index < -0.39 is 27.4 Å². The van der Waals surface area contributed by atoms with E-state index in [2.05, 4.69) is 9.97 Å². The summed E-state index contributed by atoms with van der Waals surface area (Å²) in [7, 11) is -3.51. The quantitative estimate of drug-likeness (QED) is 0.404. The normalized spacial score (nSPS) is 11.7. The van der Waals surface area contributed by atoms with Crippen LogP contribution in [0.3, 0.4) is 0 Å². The van der Waals surface area contributed by atoms with Crippen LogP contribution in [0.4, 0.5) is 13.9 Å². The van der Waals surface area contributed by atoms with Crippen LogP contribution in [-0.4, -0.2) is 41.7 Å². The number of aryl methyl sites for hydroxylation is 1. The van der Waals surface area contributed by atoms with Gasteiger partial charge in [0, 0.05) is 43.4 Å². The maximum Gasteiger partial charge on any atom is 0.260 e. The van der Waals surface area contributed by atoms with Gasteiger partial charge in [0.1, 0.15) is 11.3 Å². The van der Waals surface area contributed by atoms with E-state index in [0.29, 0.717) is 13.0 Å². The Morgan fingerprint density at radius 2 is 2.03 bits per heavy atom. The smallest absolute Gasteiger partial charge is 0.260 e. The van der Waals surface area contributed by atoms with Crippen molar-refractivity contribution in [3.05, 3.63) is 72.3 Å². The third kappa shape index (κ3) is 4.68. The molecule has 11 heteroatoms. The summed E-state index contributed by atoms with van der Waals surface area (Å²) in [5.74, 6) is -2.03. The second-order valence-corrected chi connectivity index (χ2v) is 10.2. The molecule has 0 bridgehead atoms. The summed E-state index contributed by atoms with van der Waals surface area (Å²) in [6.07, 6.45) is 6.67. The first-order chi connectivity index (χ1) is 15.2. The van der Waals surface area contributed by atoms with Gasteiger partial charge in [0.25, 0.3) is 5.91 Å². The Morgan fingerprint density at radius 1 is 1.22 bits per heavy atom. The predicted octanol–water partition coefficient (Wildman–Crippen LogP) is 3.91. The minimum atomic E-state index is -3.51. The molecule has 0 saturated heterocycles. The molecule has 0 aliphatic rings. The summed E-state index contributed by atoms with van der Waals surface area (Å²) < 4.78 is 53.8. The molecule has 4 rings (SSSR count). The number of amides is 1. The Bertz CT molecular complexity index is 1390. The fraction of sp³-hybridized carbons (Fsp3) is 0.190. The van der Waals surface area contributed by atoms with Crippen molar-refractivity contribution in [2.45, 2.75) is 17.9 Å². The van der Waals surface area contributed by atoms with Crippen LogP contribution in [-0.2, 0) is 16.4 Å². The van der Waals surface area contributed by atoms with E-state index in [9.17, 15) is 22.0 Å². The molecule has 0 saturated carbocycles. The Labute approximate surface area is 186 Å². The van der Waals surface area contributed by atoms with E-state index in [1.54, 1.807) is 18.7 Å². The van der Waals surface area contributed by atoms with Gasteiger partial charge in [-0.3, -0.25) is 9.69 Å². The Balaban J connectivity index is 1.70. The van der Waals surface area contributed by atoms with E-state index in [0.717, 1.165) is 29.7 Å². The van der Waals surface area contributed by atoms with E-state index in [4.69, 9.17) is 0 Å². The lowest BCUT2D eigenvalue weighted by Gasteiger charge is -2.20. The zero-order valence-electron chi connectivity index (χ0n) is 16.9. The van der Waals surface area contributed by atoms with Gasteiger partial charge < -0.3 is 4.57 Å². The van der Waals surface area contributed by atoms with E-state index in [1.807, 2.05) is 4.57 Å². The van der Waals surface area contributed by atoms with Crippen LogP contribution in [0.25, 0.3) is 10.2 Å². The van der Waals surface area contributed by atoms with Crippen LogP contribution in [0.5, 0.6) is 0 Å². The van der Waals surface area contributed by atoms with Crippen molar-refractivity contribution >= 4 is 42.4 Å². The number of hydrogen-bond acceptors (Lipinski definition) is 6. The maximum absolute atomic E-state index is 14.2. The second kappa shape index (κ2) is 8.75. The van der Waals surface area contributed by atoms with Crippen molar-refractivity contribution < 1.29 is 22.0 Å². The van der Waals surface area contributed by atoms with Gasteiger partial charge in [0.05, 0.1) is 15.9 Å². The highest BCUT2D eigenvalue weighted by Gasteiger charge is 2.23. The maximum atomic E-state index is 14.2. The van der Waals surface area contributed by atoms with E-state index in [1.165, 1.54) is 29.2 Å². The number of anilines is 1. The molecule has 0 fully saturated rings. The molecule has 2 heterocycles. The third-order valence-corrected chi connectivity index (χ3v) is 6.88. The van der Waals surface area contributed by atoms with Crippen molar-refractivity contribution in [2.24, 2.45) is 0 Å². The standard InChI is InChI=1S/C21H18F2N4O3S2/c1-32(29,30)16-5-2-4-14(10-16)20(28)27(8-3-7-26-9-6-24-13-26)21-25-19-17(23)11-15(22)12-18(19)31-21/h2,4-6,9-13H,3,7-8H2,1H3. The molecule has 7 nitrogen and oxygen atoms in total. The molecule has 32 heavy (non-hydrogen) atoms. The molecule has 0 N–H and O–H groups in total. The number of sulfone groups is 1. The Morgan fingerprint density at radius 3 is 2.75 bits per heavy atom. The zero-order chi connectivity index (χ0) is 22.9. The van der Waals surface area contributed by atoms with Gasteiger partial charge in [-0.05, 0) is 30.7 Å². The monoisotopic (exact) mass is 476 g/mol. The summed E-state index contributed by atoms with van der Waals surface area (Å²) >= 11 is 0.991. The summed E-state index contributed by atoms with van der Waals surface area (Å²) in [5, 5.41) is 0.199. The fourth-order valence-corrected chi connectivity index (χ4v) is 4.89. The highest BCUT2D eigenvalue weighted by atomic mass is 32.2. The SMILES string of the molecule is CS(=O)(=O)c1cccc(C(=O)N(CCCn2ccnc2)c2nc3c(F)cc(F)cc3s2)c1. The van der Waals surface area contributed by atoms with Crippen molar-refractivity contribution in [2.75, 3.05) is 17.7 Å². The molecule has 2 aromatic heterocycles. The number of carbonyl (C=O) groups excluding carboxylic acids is 1. The first kappa shape index (κ1) is 22.0. The number of aromatic nitrogens is 3. The Kier molecular flexibility index (Phi) is 6.02. The van der Waals surface area contributed by atoms with Crippen molar-refractivity contribution in [3.63, 3.8) is 0 Å². The van der Waals surface area contributed by atoms with Crippen molar-refractivity contribution in [1.82, 2.24) is 14.5 Å². The topological polar surface area (TPSA) is 85.2 Å². The molecule has 0 atom stereocenters. The predicted molar refractivity (Wildman–Crippen MR) is 118 cm³/mol. The number of hydrogen-bond donors (Lipinski definition) is 0. The first-order valence-electron chi connectivity index (χ1n) is 9.56. The average molecular weight is 477 g/mol. The second-order valence-electron chi connectivity index (χ2n) is 7.14. The van der Waals surface area contributed by atoms with Crippen LogP contribution < -0.4 is 4.90 Å². The molecule has 0 spiro atoms. The van der Waals surface area contributed by atoms with Crippen LogP contribution in [0.2, 0.25) is 0 Å². The van der Waals surface area contributed by atoms with Crippen molar-refractivity contribution in [3.8, 4) is 0 Å². The largest absolute Gasteiger partial charge is 0.337 e. The van der Waals surface area contributed by atoms with Crippen LogP contribution in [0, 0.1) is 11.6 Å². The molecule has 0 radical (unpaired) electrons. The molecule has 4 aromatic rings. The fourth-order valence-electron chi connectivity index (χ4n) is 3.19. The van der Waals surface area contributed by atoms with Gasteiger partial charge in [-0.25, -0.2) is 27.2 Å². The van der Waals surface area contributed by atoms with Crippen LogP contribution in [0.15, 0.2) is 60.0 Å². The lowest BCUT2D eigenvalue weighted by Crippen LogP contribution is -2.32. The zero-order valence-corrected chi connectivity index (χ0v) is 18.5. The highest BCUT2D eigenvalue weighted by Crippen LogP contribution is 2.32. The van der Waals surface area contributed by atoms with Gasteiger partial charge in [-0.2, -0.15) is 0 Å². The highest BCUT2D eigenvalue weighted by molar-refractivity contribution is 7.90. The molecular weight excluding hydrogens is 458 g/mol. The molecule has 0 unspecified atom stereocenters. The summed E-state index contributed by atoms with van der Waals surface area (Å²) in [5.41, 5.74) is 0.130. The number of fused-ring (bicyclic) bond motifs is 1. The number of thiazole rings is 1. The van der Waals surface area contributed by atoms with Gasteiger partial charge in [0.2, 0.25) is 0 Å². The van der Waals surface area contributed by atoms with Crippen LogP contribution in [0.1, 0.15) is 16.8 Å². The molecule has 166 valence electrons. The number of benzene rings is 2. The van der Waals surface area contributed by atoms with Crippen LogP contribution >= 0.6 is 11.3 Å². The van der Waals surface area contributed by atoms with Gasteiger partial charge in [-0.15, -0.1) is 0 Å². The number of imidazole rings is 1. The minimum Gasteiger partial charge on any atom is -0.337 e. The average Bonchev–Trinajstić information content (AvgIpc) is 3.40. The lowest BCUT2D eigenvalue weighted by molar-refractivity contribution is 0.0986. The minimum absolute atomic E-state index is 0.0131. The first-order valence-corrected chi connectivity index (χ1v) is 12.3. The van der Waals surface area contributed by atoms with Gasteiger partial charge in [0.15, 0.2) is 20.8 Å². The van der Waals surface area contributed by atoms with Gasteiger partial charge >= 0.3 is 0 Å². The number of nitrogens with zero attached hydrogens (tertiary/aromatic N) is 4. The molecule has 0 aliphatic carbocycles.